The summed E-state index contributed by atoms with van der Waals surface area (Å²) in [4.78, 5) is 17.4. The smallest absolute Gasteiger partial charge is 0.238 e. The molecule has 2 aromatic rings. The van der Waals surface area contributed by atoms with Crippen molar-refractivity contribution in [3.05, 3.63) is 59.2 Å². The fraction of sp³-hybridized carbons (Fsp3) is 0.480. The van der Waals surface area contributed by atoms with Crippen LogP contribution in [0.1, 0.15) is 42.9 Å². The van der Waals surface area contributed by atoms with Crippen LogP contribution in [0, 0.1) is 0 Å². The van der Waals surface area contributed by atoms with Crippen LogP contribution in [0.4, 0.5) is 5.69 Å². The maximum Gasteiger partial charge on any atom is 0.238 e. The van der Waals surface area contributed by atoms with Gasteiger partial charge in [0.25, 0.3) is 0 Å². The summed E-state index contributed by atoms with van der Waals surface area (Å²) >= 11 is 0. The molecule has 0 bridgehead atoms. The number of rotatable bonds is 7. The standard InChI is InChI=1S/C25H33N3O2/c1-3-19(2)22-6-4-5-7-23(22)26-25(29)18-28-13-11-27(12-14-28)17-20-8-9-24-21(16-20)10-15-30-24/h4-9,16,19H,3,10-15,17-18H2,1-2H3,(H,26,29)/t19-/m0/s1. The number of ether oxygens (including phenoxy) is 1. The van der Waals surface area contributed by atoms with E-state index in [4.69, 9.17) is 4.74 Å². The second-order valence-electron chi connectivity index (χ2n) is 8.54. The van der Waals surface area contributed by atoms with Crippen molar-refractivity contribution >= 4 is 11.6 Å². The third-order valence-corrected chi connectivity index (χ3v) is 6.37. The molecule has 0 radical (unpaired) electrons. The summed E-state index contributed by atoms with van der Waals surface area (Å²) in [6, 6.07) is 14.7. The van der Waals surface area contributed by atoms with Crippen molar-refractivity contribution in [3.63, 3.8) is 0 Å². The zero-order valence-electron chi connectivity index (χ0n) is 18.2. The van der Waals surface area contributed by atoms with Gasteiger partial charge in [0.2, 0.25) is 5.91 Å². The van der Waals surface area contributed by atoms with Crippen molar-refractivity contribution in [2.75, 3.05) is 44.6 Å². The van der Waals surface area contributed by atoms with E-state index in [9.17, 15) is 4.79 Å². The Balaban J connectivity index is 1.25. The van der Waals surface area contributed by atoms with E-state index in [2.05, 4.69) is 53.2 Å². The van der Waals surface area contributed by atoms with Crippen LogP contribution in [0.2, 0.25) is 0 Å². The first kappa shape index (κ1) is 20.9. The SMILES string of the molecule is CC[C@H](C)c1ccccc1NC(=O)CN1CCN(Cc2ccc3c(c2)CCO3)CC1. The number of carbonyl (C=O) groups is 1. The molecule has 2 heterocycles. The lowest BCUT2D eigenvalue weighted by atomic mass is 9.97. The average Bonchev–Trinajstić information content (AvgIpc) is 3.23. The number of amides is 1. The Morgan fingerprint density at radius 2 is 1.87 bits per heavy atom. The summed E-state index contributed by atoms with van der Waals surface area (Å²) in [5.74, 6) is 1.57. The molecule has 5 nitrogen and oxygen atoms in total. The molecule has 0 aromatic heterocycles. The van der Waals surface area contributed by atoms with Crippen molar-refractivity contribution in [3.8, 4) is 5.75 Å². The monoisotopic (exact) mass is 407 g/mol. The second-order valence-corrected chi connectivity index (χ2v) is 8.54. The van der Waals surface area contributed by atoms with Crippen molar-refractivity contribution in [1.29, 1.82) is 0 Å². The Labute approximate surface area is 180 Å². The third-order valence-electron chi connectivity index (χ3n) is 6.37. The van der Waals surface area contributed by atoms with E-state index in [-0.39, 0.29) is 5.91 Å². The molecule has 0 saturated carbocycles. The number of nitrogens with one attached hydrogen (secondary N) is 1. The summed E-state index contributed by atoms with van der Waals surface area (Å²) in [5.41, 5.74) is 4.86. The highest BCUT2D eigenvalue weighted by atomic mass is 16.5. The summed E-state index contributed by atoms with van der Waals surface area (Å²) in [5, 5.41) is 3.14. The van der Waals surface area contributed by atoms with Gasteiger partial charge in [-0.2, -0.15) is 0 Å². The van der Waals surface area contributed by atoms with Gasteiger partial charge in [-0.3, -0.25) is 14.6 Å². The van der Waals surface area contributed by atoms with E-state index in [0.717, 1.165) is 63.6 Å². The zero-order chi connectivity index (χ0) is 20.9. The predicted molar refractivity (Wildman–Crippen MR) is 121 cm³/mol. The minimum atomic E-state index is 0.0813. The largest absolute Gasteiger partial charge is 0.493 e. The van der Waals surface area contributed by atoms with Crippen LogP contribution >= 0.6 is 0 Å². The van der Waals surface area contributed by atoms with E-state index < -0.39 is 0 Å². The first-order chi connectivity index (χ1) is 14.6. The lowest BCUT2D eigenvalue weighted by molar-refractivity contribution is -0.117. The van der Waals surface area contributed by atoms with Gasteiger partial charge in [-0.25, -0.2) is 0 Å². The molecule has 2 aromatic carbocycles. The van der Waals surface area contributed by atoms with Gasteiger partial charge in [-0.05, 0) is 41.2 Å². The number of piperazine rings is 1. The van der Waals surface area contributed by atoms with Gasteiger partial charge in [0.1, 0.15) is 5.75 Å². The highest BCUT2D eigenvalue weighted by Crippen LogP contribution is 2.27. The number of fused-ring (bicyclic) bond motifs is 1. The summed E-state index contributed by atoms with van der Waals surface area (Å²) in [7, 11) is 0. The zero-order valence-corrected chi connectivity index (χ0v) is 18.2. The van der Waals surface area contributed by atoms with E-state index in [0.29, 0.717) is 12.5 Å². The van der Waals surface area contributed by atoms with Crippen LogP contribution in [-0.2, 0) is 17.8 Å². The van der Waals surface area contributed by atoms with Crippen molar-refractivity contribution < 1.29 is 9.53 Å². The molecule has 0 aliphatic carbocycles. The third kappa shape index (κ3) is 5.02. The molecule has 2 aliphatic heterocycles. The number of carbonyl (C=O) groups excluding carboxylic acids is 1. The molecule has 1 fully saturated rings. The molecule has 160 valence electrons. The van der Waals surface area contributed by atoms with Crippen molar-refractivity contribution in [1.82, 2.24) is 9.80 Å². The van der Waals surface area contributed by atoms with E-state index in [1.807, 2.05) is 18.2 Å². The minimum absolute atomic E-state index is 0.0813. The number of para-hydroxylation sites is 1. The first-order valence-corrected chi connectivity index (χ1v) is 11.2. The summed E-state index contributed by atoms with van der Waals surface area (Å²) in [6.45, 7) is 10.4. The number of hydrogen-bond acceptors (Lipinski definition) is 4. The van der Waals surface area contributed by atoms with Crippen LogP contribution in [-0.4, -0.2) is 55.0 Å². The van der Waals surface area contributed by atoms with Crippen LogP contribution in [0.3, 0.4) is 0 Å². The molecule has 4 rings (SSSR count). The molecule has 1 atom stereocenters. The maximum atomic E-state index is 12.6. The van der Waals surface area contributed by atoms with Gasteiger partial charge in [0.05, 0.1) is 13.2 Å². The fourth-order valence-corrected chi connectivity index (χ4v) is 4.36. The molecule has 1 amide bonds. The second kappa shape index (κ2) is 9.63. The van der Waals surface area contributed by atoms with Crippen LogP contribution in [0.15, 0.2) is 42.5 Å². The van der Waals surface area contributed by atoms with E-state index in [1.165, 1.54) is 16.7 Å². The van der Waals surface area contributed by atoms with Gasteiger partial charge in [0.15, 0.2) is 0 Å². The lowest BCUT2D eigenvalue weighted by Gasteiger charge is -2.34. The van der Waals surface area contributed by atoms with Gasteiger partial charge in [-0.15, -0.1) is 0 Å². The number of anilines is 1. The Morgan fingerprint density at radius 1 is 1.10 bits per heavy atom. The number of nitrogens with zero attached hydrogens (tertiary/aromatic N) is 2. The molecular formula is C25H33N3O2. The lowest BCUT2D eigenvalue weighted by Crippen LogP contribution is -2.48. The van der Waals surface area contributed by atoms with Crippen LogP contribution < -0.4 is 10.1 Å². The summed E-state index contributed by atoms with van der Waals surface area (Å²) < 4.78 is 5.61. The van der Waals surface area contributed by atoms with Gasteiger partial charge in [0, 0.05) is 44.8 Å². The van der Waals surface area contributed by atoms with Gasteiger partial charge >= 0.3 is 0 Å². The van der Waals surface area contributed by atoms with Crippen LogP contribution in [0.5, 0.6) is 5.75 Å². The Morgan fingerprint density at radius 3 is 2.67 bits per heavy atom. The molecule has 0 spiro atoms. The molecular weight excluding hydrogens is 374 g/mol. The Hall–Kier alpha value is -2.37. The van der Waals surface area contributed by atoms with Crippen LogP contribution in [0.25, 0.3) is 0 Å². The molecule has 1 saturated heterocycles. The first-order valence-electron chi connectivity index (χ1n) is 11.2. The minimum Gasteiger partial charge on any atom is -0.493 e. The molecule has 0 unspecified atom stereocenters. The van der Waals surface area contributed by atoms with E-state index >= 15 is 0 Å². The van der Waals surface area contributed by atoms with Crippen molar-refractivity contribution in [2.24, 2.45) is 0 Å². The van der Waals surface area contributed by atoms with Gasteiger partial charge < -0.3 is 10.1 Å². The highest BCUT2D eigenvalue weighted by Gasteiger charge is 2.20. The molecule has 30 heavy (non-hydrogen) atoms. The Bertz CT molecular complexity index is 874. The maximum absolute atomic E-state index is 12.6. The number of benzene rings is 2. The molecule has 2 aliphatic rings. The van der Waals surface area contributed by atoms with E-state index in [1.54, 1.807) is 0 Å². The molecule has 5 heteroatoms. The Kier molecular flexibility index (Phi) is 6.70. The number of hydrogen-bond donors (Lipinski definition) is 1. The van der Waals surface area contributed by atoms with Gasteiger partial charge in [-0.1, -0.05) is 44.2 Å². The molecule has 1 N–H and O–H groups in total. The van der Waals surface area contributed by atoms with Crippen molar-refractivity contribution in [2.45, 2.75) is 39.2 Å². The topological polar surface area (TPSA) is 44.8 Å². The fourth-order valence-electron chi connectivity index (χ4n) is 4.36. The predicted octanol–water partition coefficient (Wildman–Crippen LogP) is 3.89. The highest BCUT2D eigenvalue weighted by molar-refractivity contribution is 5.93. The summed E-state index contributed by atoms with van der Waals surface area (Å²) in [6.07, 6.45) is 2.08. The quantitative estimate of drug-likeness (QED) is 0.756. The average molecular weight is 408 g/mol. The normalized spacial score (nSPS) is 17.9.